The van der Waals surface area contributed by atoms with Crippen LogP contribution in [0.2, 0.25) is 10.0 Å². The standard InChI is InChI=1S/C17H11Cl2NO2S2/c1-22-14-5-2-9(7-15-16(21)20-17(23)24-15)6-11(14)10-3-4-12(18)13(19)8-10/h2-8H,1H3,(H,20,21,23). The number of hydrogen-bond donors (Lipinski definition) is 1. The van der Waals surface area contributed by atoms with Gasteiger partial charge in [-0.05, 0) is 41.5 Å². The average molecular weight is 396 g/mol. The number of methoxy groups -OCH3 is 1. The van der Waals surface area contributed by atoms with E-state index < -0.39 is 0 Å². The molecular weight excluding hydrogens is 385 g/mol. The van der Waals surface area contributed by atoms with E-state index in [2.05, 4.69) is 5.32 Å². The summed E-state index contributed by atoms with van der Waals surface area (Å²) in [6.45, 7) is 0. The summed E-state index contributed by atoms with van der Waals surface area (Å²) in [7, 11) is 1.60. The first kappa shape index (κ1) is 17.3. The van der Waals surface area contributed by atoms with Crippen molar-refractivity contribution in [1.82, 2.24) is 5.32 Å². The van der Waals surface area contributed by atoms with E-state index >= 15 is 0 Å². The van der Waals surface area contributed by atoms with Crippen molar-refractivity contribution in [2.45, 2.75) is 0 Å². The van der Waals surface area contributed by atoms with Crippen LogP contribution < -0.4 is 10.1 Å². The molecule has 1 N–H and O–H groups in total. The minimum atomic E-state index is -0.183. The van der Waals surface area contributed by atoms with Gasteiger partial charge in [-0.15, -0.1) is 0 Å². The van der Waals surface area contributed by atoms with E-state index in [1.54, 1.807) is 25.3 Å². The van der Waals surface area contributed by atoms with Crippen molar-refractivity contribution in [3.63, 3.8) is 0 Å². The summed E-state index contributed by atoms with van der Waals surface area (Å²) in [5.74, 6) is 0.520. The molecule has 1 heterocycles. The maximum atomic E-state index is 11.8. The molecule has 3 nitrogen and oxygen atoms in total. The number of carbonyl (C=O) groups excluding carboxylic acids is 1. The average Bonchev–Trinajstić information content (AvgIpc) is 2.87. The number of thioether (sulfide) groups is 1. The lowest BCUT2D eigenvalue weighted by molar-refractivity contribution is -0.115. The van der Waals surface area contributed by atoms with Crippen molar-refractivity contribution >= 4 is 63.5 Å². The van der Waals surface area contributed by atoms with Crippen LogP contribution in [-0.4, -0.2) is 17.3 Å². The van der Waals surface area contributed by atoms with Crippen LogP contribution in [0.3, 0.4) is 0 Å². The third kappa shape index (κ3) is 3.59. The molecule has 0 atom stereocenters. The predicted octanol–water partition coefficient (Wildman–Crippen LogP) is 5.16. The number of amides is 1. The van der Waals surface area contributed by atoms with Gasteiger partial charge in [-0.1, -0.05) is 59.3 Å². The Morgan fingerprint density at radius 3 is 2.58 bits per heavy atom. The van der Waals surface area contributed by atoms with Gasteiger partial charge in [-0.2, -0.15) is 0 Å². The number of thiocarbonyl (C=S) groups is 1. The minimum Gasteiger partial charge on any atom is -0.496 e. The van der Waals surface area contributed by atoms with Gasteiger partial charge in [0, 0.05) is 5.56 Å². The monoisotopic (exact) mass is 395 g/mol. The van der Waals surface area contributed by atoms with Gasteiger partial charge in [0.05, 0.1) is 22.1 Å². The van der Waals surface area contributed by atoms with Crippen LogP contribution >= 0.6 is 47.2 Å². The molecule has 2 aromatic rings. The predicted molar refractivity (Wildman–Crippen MR) is 105 cm³/mol. The molecule has 122 valence electrons. The van der Waals surface area contributed by atoms with Gasteiger partial charge in [0.1, 0.15) is 10.1 Å². The Morgan fingerprint density at radius 1 is 1.17 bits per heavy atom. The Kier molecular flexibility index (Phi) is 5.15. The number of nitrogens with one attached hydrogen (secondary N) is 1. The van der Waals surface area contributed by atoms with Gasteiger partial charge in [0.25, 0.3) is 5.91 Å². The van der Waals surface area contributed by atoms with E-state index in [9.17, 15) is 4.79 Å². The van der Waals surface area contributed by atoms with Crippen LogP contribution in [0, 0.1) is 0 Å². The first-order chi connectivity index (χ1) is 11.5. The largest absolute Gasteiger partial charge is 0.496 e. The van der Waals surface area contributed by atoms with E-state index in [4.69, 9.17) is 40.2 Å². The van der Waals surface area contributed by atoms with Crippen molar-refractivity contribution in [3.05, 3.63) is 56.9 Å². The SMILES string of the molecule is COc1ccc(C=C2SC(=S)NC2=O)cc1-c1ccc(Cl)c(Cl)c1. The summed E-state index contributed by atoms with van der Waals surface area (Å²) in [4.78, 5) is 12.4. The van der Waals surface area contributed by atoms with Gasteiger partial charge in [0.15, 0.2) is 0 Å². The number of halogens is 2. The highest BCUT2D eigenvalue weighted by atomic mass is 35.5. The Labute approximate surface area is 159 Å². The van der Waals surface area contributed by atoms with Gasteiger partial charge >= 0.3 is 0 Å². The fourth-order valence-corrected chi connectivity index (χ4v) is 3.62. The lowest BCUT2D eigenvalue weighted by Gasteiger charge is -2.11. The third-order valence-corrected chi connectivity index (χ3v) is 5.30. The second-order valence-electron chi connectivity index (χ2n) is 4.94. The fourth-order valence-electron chi connectivity index (χ4n) is 2.28. The fraction of sp³-hybridized carbons (Fsp3) is 0.0588. The molecule has 3 rings (SSSR count). The molecule has 0 aromatic heterocycles. The summed E-state index contributed by atoms with van der Waals surface area (Å²) in [5.41, 5.74) is 2.59. The molecule has 0 radical (unpaired) electrons. The smallest absolute Gasteiger partial charge is 0.263 e. The molecule has 0 spiro atoms. The normalized spacial score (nSPS) is 15.7. The zero-order chi connectivity index (χ0) is 17.3. The molecule has 1 amide bonds. The Balaban J connectivity index is 2.05. The number of rotatable bonds is 3. The molecule has 1 aliphatic rings. The molecule has 0 aliphatic carbocycles. The van der Waals surface area contributed by atoms with Gasteiger partial charge in [0.2, 0.25) is 0 Å². The summed E-state index contributed by atoms with van der Waals surface area (Å²) in [5, 5.41) is 3.56. The zero-order valence-corrected chi connectivity index (χ0v) is 15.6. The summed E-state index contributed by atoms with van der Waals surface area (Å²) < 4.78 is 5.89. The second kappa shape index (κ2) is 7.15. The Morgan fingerprint density at radius 2 is 1.96 bits per heavy atom. The molecule has 1 saturated heterocycles. The van der Waals surface area contributed by atoms with E-state index in [1.165, 1.54) is 11.8 Å². The number of benzene rings is 2. The highest BCUT2D eigenvalue weighted by molar-refractivity contribution is 8.26. The van der Waals surface area contributed by atoms with E-state index in [1.807, 2.05) is 24.3 Å². The number of carbonyl (C=O) groups is 1. The first-order valence-electron chi connectivity index (χ1n) is 6.86. The topological polar surface area (TPSA) is 38.3 Å². The molecule has 1 aliphatic heterocycles. The van der Waals surface area contributed by atoms with Crippen LogP contribution in [0.25, 0.3) is 17.2 Å². The van der Waals surface area contributed by atoms with Gasteiger partial charge < -0.3 is 10.1 Å². The van der Waals surface area contributed by atoms with Crippen molar-refractivity contribution < 1.29 is 9.53 Å². The van der Waals surface area contributed by atoms with Crippen LogP contribution in [0.15, 0.2) is 41.3 Å². The minimum absolute atomic E-state index is 0.183. The lowest BCUT2D eigenvalue weighted by atomic mass is 10.0. The number of ether oxygens (including phenoxy) is 1. The van der Waals surface area contributed by atoms with E-state index in [0.717, 1.165) is 16.7 Å². The van der Waals surface area contributed by atoms with Gasteiger partial charge in [-0.25, -0.2) is 0 Å². The van der Waals surface area contributed by atoms with E-state index in [0.29, 0.717) is 25.0 Å². The Bertz CT molecular complexity index is 881. The van der Waals surface area contributed by atoms with Crippen molar-refractivity contribution in [1.29, 1.82) is 0 Å². The lowest BCUT2D eigenvalue weighted by Crippen LogP contribution is -2.17. The van der Waals surface area contributed by atoms with Crippen molar-refractivity contribution in [2.75, 3.05) is 7.11 Å². The highest BCUT2D eigenvalue weighted by Crippen LogP contribution is 2.35. The molecule has 2 aromatic carbocycles. The molecule has 0 bridgehead atoms. The first-order valence-corrected chi connectivity index (χ1v) is 8.84. The molecule has 24 heavy (non-hydrogen) atoms. The van der Waals surface area contributed by atoms with Crippen LogP contribution in [-0.2, 0) is 4.79 Å². The van der Waals surface area contributed by atoms with Crippen LogP contribution in [0.1, 0.15) is 5.56 Å². The molecular formula is C17H11Cl2NO2S2. The number of hydrogen-bond acceptors (Lipinski definition) is 4. The molecule has 7 heteroatoms. The quantitative estimate of drug-likeness (QED) is 0.575. The van der Waals surface area contributed by atoms with E-state index in [-0.39, 0.29) is 5.91 Å². The summed E-state index contributed by atoms with van der Waals surface area (Å²) in [6, 6.07) is 11.0. The maximum Gasteiger partial charge on any atom is 0.263 e. The van der Waals surface area contributed by atoms with Gasteiger partial charge in [-0.3, -0.25) is 4.79 Å². The van der Waals surface area contributed by atoms with Crippen molar-refractivity contribution in [2.24, 2.45) is 0 Å². The zero-order valence-electron chi connectivity index (χ0n) is 12.4. The maximum absolute atomic E-state index is 11.8. The summed E-state index contributed by atoms with van der Waals surface area (Å²) in [6.07, 6.45) is 1.79. The second-order valence-corrected chi connectivity index (χ2v) is 7.47. The molecule has 1 fully saturated rings. The Hall–Kier alpha value is -1.53. The van der Waals surface area contributed by atoms with Crippen LogP contribution in [0.5, 0.6) is 5.75 Å². The third-order valence-electron chi connectivity index (χ3n) is 3.39. The highest BCUT2D eigenvalue weighted by Gasteiger charge is 2.22. The molecule has 0 unspecified atom stereocenters. The summed E-state index contributed by atoms with van der Waals surface area (Å²) >= 11 is 18.3. The van der Waals surface area contributed by atoms with Crippen molar-refractivity contribution in [3.8, 4) is 16.9 Å². The van der Waals surface area contributed by atoms with Crippen LogP contribution in [0.4, 0.5) is 0 Å². The molecule has 0 saturated carbocycles.